The van der Waals surface area contributed by atoms with Gasteiger partial charge in [0.15, 0.2) is 0 Å². The molecule has 1 atom stereocenters. The van der Waals surface area contributed by atoms with Gasteiger partial charge in [0.2, 0.25) is 0 Å². The Labute approximate surface area is 159 Å². The van der Waals surface area contributed by atoms with Crippen LogP contribution in [0, 0.1) is 17.1 Å². The Hall–Kier alpha value is -2.49. The number of benzene rings is 2. The molecule has 1 aliphatic rings. The molecule has 5 nitrogen and oxygen atoms in total. The van der Waals surface area contributed by atoms with Gasteiger partial charge in [-0.05, 0) is 42.8 Å². The standard InChI is InChI=1S/C18H14Cl2FN3O2/c19-15-7-12(2-1-11(15)9-22)24(13-3-4-17(21)16(20)8-13)14-5-6-23(10-14)18(25)26/h1-4,7-8,14H,5-6,10H2,(H,25,26)/t14-/m0/s1. The monoisotopic (exact) mass is 393 g/mol. The van der Waals surface area contributed by atoms with Gasteiger partial charge < -0.3 is 14.9 Å². The molecule has 2 aromatic carbocycles. The van der Waals surface area contributed by atoms with E-state index in [0.29, 0.717) is 36.4 Å². The van der Waals surface area contributed by atoms with Crippen LogP contribution in [0.5, 0.6) is 0 Å². The fourth-order valence-electron chi connectivity index (χ4n) is 3.08. The van der Waals surface area contributed by atoms with E-state index in [1.165, 1.54) is 17.0 Å². The molecule has 26 heavy (non-hydrogen) atoms. The minimum Gasteiger partial charge on any atom is -0.465 e. The average Bonchev–Trinajstić information content (AvgIpc) is 3.08. The second kappa shape index (κ2) is 7.40. The molecular weight excluding hydrogens is 380 g/mol. The number of carbonyl (C=O) groups is 1. The highest BCUT2D eigenvalue weighted by Crippen LogP contribution is 2.35. The van der Waals surface area contributed by atoms with Crippen molar-refractivity contribution >= 4 is 40.7 Å². The van der Waals surface area contributed by atoms with E-state index in [1.807, 2.05) is 11.0 Å². The Kier molecular flexibility index (Phi) is 5.21. The third kappa shape index (κ3) is 3.55. The molecule has 0 aromatic heterocycles. The summed E-state index contributed by atoms with van der Waals surface area (Å²) in [5.74, 6) is -0.535. The van der Waals surface area contributed by atoms with Crippen LogP contribution in [0.15, 0.2) is 36.4 Å². The van der Waals surface area contributed by atoms with Crippen molar-refractivity contribution in [2.24, 2.45) is 0 Å². The lowest BCUT2D eigenvalue weighted by atomic mass is 10.1. The summed E-state index contributed by atoms with van der Waals surface area (Å²) in [5.41, 5.74) is 1.63. The van der Waals surface area contributed by atoms with Crippen LogP contribution in [-0.2, 0) is 0 Å². The third-order valence-corrected chi connectivity index (χ3v) is 4.93. The summed E-state index contributed by atoms with van der Waals surface area (Å²) in [6.45, 7) is 0.692. The van der Waals surface area contributed by atoms with Gasteiger partial charge in [0, 0.05) is 24.5 Å². The van der Waals surface area contributed by atoms with E-state index in [0.717, 1.165) is 0 Å². The van der Waals surface area contributed by atoms with E-state index in [4.69, 9.17) is 28.5 Å². The van der Waals surface area contributed by atoms with Crippen molar-refractivity contribution < 1.29 is 14.3 Å². The molecule has 1 heterocycles. The SMILES string of the molecule is N#Cc1ccc(N(c2ccc(F)c(Cl)c2)[C@H]2CCN(C(=O)O)C2)cc1Cl. The highest BCUT2D eigenvalue weighted by molar-refractivity contribution is 6.32. The third-order valence-electron chi connectivity index (χ3n) is 4.33. The van der Waals surface area contributed by atoms with Crippen LogP contribution >= 0.6 is 23.2 Å². The maximum atomic E-state index is 13.6. The van der Waals surface area contributed by atoms with E-state index in [-0.39, 0.29) is 16.1 Å². The molecular formula is C18H14Cl2FN3O2. The van der Waals surface area contributed by atoms with E-state index in [2.05, 4.69) is 0 Å². The zero-order valence-electron chi connectivity index (χ0n) is 13.5. The van der Waals surface area contributed by atoms with Gasteiger partial charge in [-0.1, -0.05) is 23.2 Å². The summed E-state index contributed by atoms with van der Waals surface area (Å²) in [5, 5.41) is 18.5. The van der Waals surface area contributed by atoms with Crippen molar-refractivity contribution in [2.75, 3.05) is 18.0 Å². The Morgan fingerprint density at radius 2 is 1.88 bits per heavy atom. The molecule has 1 saturated heterocycles. The Bertz CT molecular complexity index is 900. The smallest absolute Gasteiger partial charge is 0.407 e. The summed E-state index contributed by atoms with van der Waals surface area (Å²) in [7, 11) is 0. The second-order valence-electron chi connectivity index (χ2n) is 5.92. The second-order valence-corrected chi connectivity index (χ2v) is 6.73. The van der Waals surface area contributed by atoms with Gasteiger partial charge in [-0.3, -0.25) is 0 Å². The molecule has 0 spiro atoms. The van der Waals surface area contributed by atoms with Gasteiger partial charge >= 0.3 is 6.09 Å². The number of likely N-dealkylation sites (tertiary alicyclic amines) is 1. The van der Waals surface area contributed by atoms with Crippen LogP contribution in [0.1, 0.15) is 12.0 Å². The predicted octanol–water partition coefficient (Wildman–Crippen LogP) is 4.89. The van der Waals surface area contributed by atoms with Crippen molar-refractivity contribution in [1.29, 1.82) is 5.26 Å². The molecule has 1 aliphatic heterocycles. The number of anilines is 2. The first-order valence-electron chi connectivity index (χ1n) is 7.82. The molecule has 8 heteroatoms. The summed E-state index contributed by atoms with van der Waals surface area (Å²) in [6.07, 6.45) is -0.388. The Balaban J connectivity index is 2.04. The van der Waals surface area contributed by atoms with Crippen LogP contribution < -0.4 is 4.90 Å². The maximum absolute atomic E-state index is 13.6. The number of nitrogens with zero attached hydrogens (tertiary/aromatic N) is 3. The van der Waals surface area contributed by atoms with Crippen molar-refractivity contribution in [3.8, 4) is 6.07 Å². The zero-order valence-corrected chi connectivity index (χ0v) is 15.0. The van der Waals surface area contributed by atoms with Gasteiger partial charge in [-0.2, -0.15) is 5.26 Å². The first-order valence-corrected chi connectivity index (χ1v) is 8.58. The van der Waals surface area contributed by atoms with E-state index < -0.39 is 11.9 Å². The number of hydrogen-bond donors (Lipinski definition) is 1. The summed E-state index contributed by atoms with van der Waals surface area (Å²) in [4.78, 5) is 14.5. The first-order chi connectivity index (χ1) is 12.4. The van der Waals surface area contributed by atoms with Crippen LogP contribution in [-0.4, -0.2) is 35.2 Å². The predicted molar refractivity (Wildman–Crippen MR) is 97.7 cm³/mol. The molecule has 0 saturated carbocycles. The summed E-state index contributed by atoms with van der Waals surface area (Å²) in [6, 6.07) is 11.1. The molecule has 1 fully saturated rings. The molecule has 2 aromatic rings. The van der Waals surface area contributed by atoms with Crippen LogP contribution in [0.4, 0.5) is 20.6 Å². The Morgan fingerprint density at radius 3 is 2.42 bits per heavy atom. The number of hydrogen-bond acceptors (Lipinski definition) is 3. The number of nitriles is 1. The summed E-state index contributed by atoms with van der Waals surface area (Å²) >= 11 is 12.1. The molecule has 0 aliphatic carbocycles. The topological polar surface area (TPSA) is 67.6 Å². The lowest BCUT2D eigenvalue weighted by molar-refractivity contribution is 0.155. The van der Waals surface area contributed by atoms with Crippen molar-refractivity contribution in [3.05, 3.63) is 57.8 Å². The molecule has 134 valence electrons. The van der Waals surface area contributed by atoms with Gasteiger partial charge in [0.05, 0.1) is 21.7 Å². The highest BCUT2D eigenvalue weighted by Gasteiger charge is 2.32. The van der Waals surface area contributed by atoms with Gasteiger partial charge in [-0.15, -0.1) is 0 Å². The molecule has 3 rings (SSSR count). The van der Waals surface area contributed by atoms with Gasteiger partial charge in [-0.25, -0.2) is 9.18 Å². The number of rotatable bonds is 3. The Morgan fingerprint density at radius 1 is 1.23 bits per heavy atom. The lowest BCUT2D eigenvalue weighted by Crippen LogP contribution is -2.35. The largest absolute Gasteiger partial charge is 0.465 e. The number of amides is 1. The minimum absolute atomic E-state index is 0.0275. The number of halogens is 3. The normalized spacial score (nSPS) is 16.4. The van der Waals surface area contributed by atoms with Crippen LogP contribution in [0.2, 0.25) is 10.0 Å². The van der Waals surface area contributed by atoms with Gasteiger partial charge in [0.1, 0.15) is 11.9 Å². The molecule has 0 unspecified atom stereocenters. The molecule has 0 bridgehead atoms. The van der Waals surface area contributed by atoms with E-state index in [9.17, 15) is 14.3 Å². The minimum atomic E-state index is -0.984. The zero-order chi connectivity index (χ0) is 18.8. The van der Waals surface area contributed by atoms with Gasteiger partial charge in [0.25, 0.3) is 0 Å². The fraction of sp³-hybridized carbons (Fsp3) is 0.222. The van der Waals surface area contributed by atoms with Crippen molar-refractivity contribution in [1.82, 2.24) is 4.90 Å². The quantitative estimate of drug-likeness (QED) is 0.805. The molecule has 1 N–H and O–H groups in total. The lowest BCUT2D eigenvalue weighted by Gasteiger charge is -2.31. The first kappa shape index (κ1) is 18.3. The maximum Gasteiger partial charge on any atom is 0.407 e. The van der Waals surface area contributed by atoms with Crippen molar-refractivity contribution in [2.45, 2.75) is 12.5 Å². The molecule has 0 radical (unpaired) electrons. The summed E-state index contributed by atoms with van der Waals surface area (Å²) < 4.78 is 13.6. The average molecular weight is 394 g/mol. The van der Waals surface area contributed by atoms with Crippen LogP contribution in [0.25, 0.3) is 0 Å². The van der Waals surface area contributed by atoms with Crippen molar-refractivity contribution in [3.63, 3.8) is 0 Å². The van der Waals surface area contributed by atoms with Crippen LogP contribution in [0.3, 0.4) is 0 Å². The highest BCUT2D eigenvalue weighted by atomic mass is 35.5. The molecule has 1 amide bonds. The number of carboxylic acid groups (broad SMARTS) is 1. The van der Waals surface area contributed by atoms with E-state index >= 15 is 0 Å². The van der Waals surface area contributed by atoms with E-state index in [1.54, 1.807) is 24.3 Å². The fourth-order valence-corrected chi connectivity index (χ4v) is 3.47.